The largest absolute Gasteiger partial charge is 0.497 e. The Morgan fingerprint density at radius 2 is 1.76 bits per heavy atom. The van der Waals surface area contributed by atoms with Gasteiger partial charge in [0.15, 0.2) is 0 Å². The Morgan fingerprint density at radius 3 is 2.41 bits per heavy atom. The van der Waals surface area contributed by atoms with E-state index in [2.05, 4.69) is 30.3 Å². The molecule has 0 radical (unpaired) electrons. The van der Waals surface area contributed by atoms with E-state index in [0.717, 1.165) is 47.6 Å². The molecule has 8 heteroatoms. The van der Waals surface area contributed by atoms with Crippen molar-refractivity contribution < 1.29 is 19.0 Å². The number of rotatable bonds is 7. The normalized spacial score (nSPS) is 19.9. The van der Waals surface area contributed by atoms with Crippen molar-refractivity contribution in [2.24, 2.45) is 11.0 Å². The van der Waals surface area contributed by atoms with Gasteiger partial charge in [0.1, 0.15) is 16.4 Å². The summed E-state index contributed by atoms with van der Waals surface area (Å²) in [7, 11) is 3.35. The van der Waals surface area contributed by atoms with Gasteiger partial charge in [-0.2, -0.15) is 5.10 Å². The summed E-state index contributed by atoms with van der Waals surface area (Å²) < 4.78 is 16.0. The number of thiazole rings is 1. The van der Waals surface area contributed by atoms with Gasteiger partial charge >= 0.3 is 5.97 Å². The first-order valence-corrected chi connectivity index (χ1v) is 13.3. The molecule has 3 aromatic rings. The van der Waals surface area contributed by atoms with Gasteiger partial charge in [-0.15, -0.1) is 0 Å². The second-order valence-electron chi connectivity index (χ2n) is 9.12. The SMILES string of the molecule is CCOC(=O)c1sc(N2N=C3C(=Cc4ccc(OC)cc4)CCCC3C2c2ccc(OC)cc2)nc1C. The lowest BCUT2D eigenvalue weighted by molar-refractivity contribution is 0.0531. The number of methoxy groups -OCH3 is 2. The zero-order chi connectivity index (χ0) is 25.9. The van der Waals surface area contributed by atoms with Crippen LogP contribution in [0, 0.1) is 12.8 Å². The fraction of sp³-hybridized carbons (Fsp3) is 0.345. The summed E-state index contributed by atoms with van der Waals surface area (Å²) in [6.45, 7) is 3.98. The Bertz CT molecular complexity index is 1330. The molecule has 0 amide bonds. The molecule has 0 saturated heterocycles. The third-order valence-corrected chi connectivity index (χ3v) is 7.98. The van der Waals surface area contributed by atoms with Crippen LogP contribution in [-0.2, 0) is 4.74 Å². The van der Waals surface area contributed by atoms with E-state index in [1.165, 1.54) is 16.9 Å². The maximum Gasteiger partial charge on any atom is 0.350 e. The molecule has 1 fully saturated rings. The Balaban J connectivity index is 1.56. The molecule has 1 saturated carbocycles. The molecule has 0 N–H and O–H groups in total. The fourth-order valence-electron chi connectivity index (χ4n) is 5.06. The first-order chi connectivity index (χ1) is 18.0. The number of aryl methyl sites for hydroxylation is 1. The fourth-order valence-corrected chi connectivity index (χ4v) is 6.01. The number of nitrogens with zero attached hydrogens (tertiary/aromatic N) is 3. The molecule has 2 atom stereocenters. The number of hydrogen-bond acceptors (Lipinski definition) is 8. The Hall–Kier alpha value is -3.65. The molecule has 5 rings (SSSR count). The molecular formula is C29H31N3O4S. The summed E-state index contributed by atoms with van der Waals surface area (Å²) in [6.07, 6.45) is 5.31. The lowest BCUT2D eigenvalue weighted by atomic mass is 9.77. The van der Waals surface area contributed by atoms with Crippen LogP contribution in [0.5, 0.6) is 11.5 Å². The second-order valence-corrected chi connectivity index (χ2v) is 10.1. The maximum absolute atomic E-state index is 12.5. The average molecular weight is 518 g/mol. The number of allylic oxidation sites excluding steroid dienone is 1. The highest BCUT2D eigenvalue weighted by Gasteiger charge is 2.43. The summed E-state index contributed by atoms with van der Waals surface area (Å²) in [5.41, 5.74) is 5.25. The van der Waals surface area contributed by atoms with Crippen LogP contribution in [0.2, 0.25) is 0 Å². The Labute approximate surface area is 221 Å². The van der Waals surface area contributed by atoms with Crippen LogP contribution in [0.25, 0.3) is 6.08 Å². The summed E-state index contributed by atoms with van der Waals surface area (Å²) in [6, 6.07) is 16.2. The van der Waals surface area contributed by atoms with Gasteiger partial charge in [-0.3, -0.25) is 0 Å². The van der Waals surface area contributed by atoms with E-state index in [1.807, 2.05) is 43.1 Å². The molecule has 1 aliphatic heterocycles. The number of anilines is 1. The molecule has 0 spiro atoms. The number of hydrogen-bond donors (Lipinski definition) is 0. The number of aromatic nitrogens is 1. The number of esters is 1. The monoisotopic (exact) mass is 517 g/mol. The molecule has 2 heterocycles. The molecule has 2 aliphatic rings. The molecule has 1 aromatic heterocycles. The first kappa shape index (κ1) is 25.0. The molecule has 0 bridgehead atoms. The van der Waals surface area contributed by atoms with Crippen molar-refractivity contribution in [3.05, 3.63) is 75.8 Å². The highest BCUT2D eigenvalue weighted by atomic mass is 32.1. The number of carbonyl (C=O) groups excluding carboxylic acids is 1. The highest BCUT2D eigenvalue weighted by molar-refractivity contribution is 7.17. The smallest absolute Gasteiger partial charge is 0.350 e. The summed E-state index contributed by atoms with van der Waals surface area (Å²) in [5.74, 6) is 1.52. The third-order valence-electron chi connectivity index (χ3n) is 6.86. The summed E-state index contributed by atoms with van der Waals surface area (Å²) >= 11 is 1.34. The average Bonchev–Trinajstić information content (AvgIpc) is 3.51. The van der Waals surface area contributed by atoms with Gasteiger partial charge in [0, 0.05) is 5.92 Å². The third kappa shape index (κ3) is 4.98. The van der Waals surface area contributed by atoms with E-state index >= 15 is 0 Å². The molecule has 7 nitrogen and oxygen atoms in total. The molecule has 37 heavy (non-hydrogen) atoms. The van der Waals surface area contributed by atoms with Crippen molar-refractivity contribution in [3.8, 4) is 11.5 Å². The maximum atomic E-state index is 12.5. The van der Waals surface area contributed by atoms with Gasteiger partial charge in [0.2, 0.25) is 5.13 Å². The molecule has 2 unspecified atom stereocenters. The number of ether oxygens (including phenoxy) is 3. The molecule has 192 valence electrons. The zero-order valence-electron chi connectivity index (χ0n) is 21.6. The minimum Gasteiger partial charge on any atom is -0.497 e. The van der Waals surface area contributed by atoms with E-state index in [4.69, 9.17) is 24.3 Å². The van der Waals surface area contributed by atoms with Crippen LogP contribution in [0.4, 0.5) is 5.13 Å². The number of hydrazone groups is 1. The van der Waals surface area contributed by atoms with E-state index in [9.17, 15) is 4.79 Å². The minimum atomic E-state index is -0.339. The van der Waals surface area contributed by atoms with Crippen LogP contribution in [-0.4, -0.2) is 37.5 Å². The van der Waals surface area contributed by atoms with E-state index in [1.54, 1.807) is 14.2 Å². The van der Waals surface area contributed by atoms with E-state index < -0.39 is 0 Å². The van der Waals surface area contributed by atoms with Crippen molar-refractivity contribution in [3.63, 3.8) is 0 Å². The standard InChI is InChI=1S/C29H31N3O4S/c1-5-36-28(33)27-18(2)30-29(37-27)32-26(20-11-15-23(35-4)16-12-20)24-8-6-7-21(25(24)31-32)17-19-9-13-22(34-3)14-10-19/h9-17,24,26H,5-8H2,1-4H3. The van der Waals surface area contributed by atoms with Gasteiger partial charge in [0.25, 0.3) is 0 Å². The molecule has 1 aliphatic carbocycles. The first-order valence-electron chi connectivity index (χ1n) is 12.5. The van der Waals surface area contributed by atoms with E-state index in [-0.39, 0.29) is 17.9 Å². The second kappa shape index (κ2) is 10.8. The number of carbonyl (C=O) groups is 1. The predicted molar refractivity (Wildman–Crippen MR) is 147 cm³/mol. The van der Waals surface area contributed by atoms with Crippen LogP contribution >= 0.6 is 11.3 Å². The molecular weight excluding hydrogens is 486 g/mol. The van der Waals surface area contributed by atoms with Gasteiger partial charge in [0.05, 0.1) is 38.3 Å². The zero-order valence-corrected chi connectivity index (χ0v) is 22.4. The van der Waals surface area contributed by atoms with Crippen LogP contribution in [0.1, 0.15) is 58.7 Å². The van der Waals surface area contributed by atoms with Crippen molar-refractivity contribution in [2.75, 3.05) is 25.8 Å². The van der Waals surface area contributed by atoms with Crippen LogP contribution < -0.4 is 14.5 Å². The number of fused-ring (bicyclic) bond motifs is 1. The lowest BCUT2D eigenvalue weighted by Gasteiger charge is -2.29. The van der Waals surface area contributed by atoms with Crippen molar-refractivity contribution in [2.45, 2.75) is 39.2 Å². The van der Waals surface area contributed by atoms with Gasteiger partial charge in [-0.05, 0) is 80.2 Å². The lowest BCUT2D eigenvalue weighted by Crippen LogP contribution is -2.28. The Morgan fingerprint density at radius 1 is 1.08 bits per heavy atom. The topological polar surface area (TPSA) is 73.2 Å². The molecule has 2 aromatic carbocycles. The van der Waals surface area contributed by atoms with Gasteiger partial charge in [-0.1, -0.05) is 35.6 Å². The van der Waals surface area contributed by atoms with Crippen molar-refractivity contribution >= 4 is 34.2 Å². The van der Waals surface area contributed by atoms with E-state index in [0.29, 0.717) is 22.3 Å². The summed E-state index contributed by atoms with van der Waals surface area (Å²) in [4.78, 5) is 17.8. The minimum absolute atomic E-state index is 0.0268. The predicted octanol–water partition coefficient (Wildman–Crippen LogP) is 6.45. The van der Waals surface area contributed by atoms with Crippen molar-refractivity contribution in [1.29, 1.82) is 0 Å². The number of benzene rings is 2. The van der Waals surface area contributed by atoms with Crippen molar-refractivity contribution in [1.82, 2.24) is 4.98 Å². The quantitative estimate of drug-likeness (QED) is 0.336. The Kier molecular flexibility index (Phi) is 7.28. The van der Waals surface area contributed by atoms with Gasteiger partial charge < -0.3 is 14.2 Å². The summed E-state index contributed by atoms with van der Waals surface area (Å²) in [5, 5.41) is 7.88. The van der Waals surface area contributed by atoms with Crippen LogP contribution in [0.3, 0.4) is 0 Å². The van der Waals surface area contributed by atoms with Gasteiger partial charge in [-0.25, -0.2) is 14.8 Å². The van der Waals surface area contributed by atoms with Crippen LogP contribution in [0.15, 0.2) is 59.2 Å². The highest BCUT2D eigenvalue weighted by Crippen LogP contribution is 2.47.